The quantitative estimate of drug-likeness (QED) is 0.808. The van der Waals surface area contributed by atoms with Crippen molar-refractivity contribution in [3.05, 3.63) is 48.7 Å². The molecule has 1 fully saturated rings. The van der Waals surface area contributed by atoms with E-state index in [1.54, 1.807) is 0 Å². The molecule has 0 bridgehead atoms. The number of aromatic nitrogens is 1. The van der Waals surface area contributed by atoms with Crippen molar-refractivity contribution in [3.63, 3.8) is 0 Å². The molecule has 2 aromatic rings. The van der Waals surface area contributed by atoms with Crippen molar-refractivity contribution in [2.45, 2.75) is 6.04 Å². The normalized spacial score (nSPS) is 18.9. The molecule has 3 rings (SSSR count). The van der Waals surface area contributed by atoms with Gasteiger partial charge in [-0.25, -0.2) is 0 Å². The van der Waals surface area contributed by atoms with Crippen LogP contribution < -0.4 is 5.32 Å². The topological polar surface area (TPSA) is 31.1 Å². The summed E-state index contributed by atoms with van der Waals surface area (Å²) < 4.78 is 0. The van der Waals surface area contributed by atoms with Crippen LogP contribution in [0.5, 0.6) is 0 Å². The molecule has 0 radical (unpaired) electrons. The van der Waals surface area contributed by atoms with E-state index in [9.17, 15) is 0 Å². The summed E-state index contributed by atoms with van der Waals surface area (Å²) in [5.74, 6) is 0. The Hall–Kier alpha value is -1.58. The number of hydrogen-bond donors (Lipinski definition) is 2. The Kier molecular flexibility index (Phi) is 3.17. The minimum absolute atomic E-state index is 0.312. The fourth-order valence-electron chi connectivity index (χ4n) is 2.80. The lowest BCUT2D eigenvalue weighted by atomic mass is 10.0. The summed E-state index contributed by atoms with van der Waals surface area (Å²) in [4.78, 5) is 5.77. The van der Waals surface area contributed by atoms with Gasteiger partial charge in [-0.2, -0.15) is 0 Å². The first-order chi connectivity index (χ1) is 8.90. The molecule has 3 nitrogen and oxygen atoms in total. The zero-order chi connectivity index (χ0) is 12.4. The highest BCUT2D eigenvalue weighted by atomic mass is 15.2. The highest BCUT2D eigenvalue weighted by Crippen LogP contribution is 2.28. The molecule has 0 aliphatic carbocycles. The van der Waals surface area contributed by atoms with Gasteiger partial charge in [0.05, 0.1) is 6.04 Å². The fraction of sp³-hybridized carbons (Fsp3) is 0.333. The summed E-state index contributed by atoms with van der Waals surface area (Å²) in [6.45, 7) is 8.32. The lowest BCUT2D eigenvalue weighted by molar-refractivity contribution is 0.204. The zero-order valence-electron chi connectivity index (χ0n) is 10.5. The van der Waals surface area contributed by atoms with Gasteiger partial charge in [-0.3, -0.25) is 4.90 Å². The molecule has 2 heterocycles. The highest BCUT2D eigenvalue weighted by Gasteiger charge is 2.20. The molecular weight excluding hydrogens is 222 g/mol. The van der Waals surface area contributed by atoms with Crippen LogP contribution in [0.4, 0.5) is 0 Å². The number of aromatic amines is 1. The number of piperazine rings is 1. The number of H-pyrrole nitrogens is 1. The molecule has 1 aliphatic heterocycles. The Labute approximate surface area is 107 Å². The van der Waals surface area contributed by atoms with Gasteiger partial charge in [0.1, 0.15) is 0 Å². The van der Waals surface area contributed by atoms with E-state index < -0.39 is 0 Å². The molecule has 1 saturated heterocycles. The molecule has 0 amide bonds. The molecule has 1 aromatic carbocycles. The van der Waals surface area contributed by atoms with E-state index in [0.717, 1.165) is 26.2 Å². The zero-order valence-corrected chi connectivity index (χ0v) is 10.5. The third-order valence-corrected chi connectivity index (χ3v) is 3.72. The second-order valence-electron chi connectivity index (χ2n) is 4.75. The van der Waals surface area contributed by atoms with Crippen LogP contribution in [0.2, 0.25) is 0 Å². The van der Waals surface area contributed by atoms with E-state index in [4.69, 9.17) is 0 Å². The molecule has 3 heteroatoms. The van der Waals surface area contributed by atoms with Gasteiger partial charge >= 0.3 is 0 Å². The third-order valence-electron chi connectivity index (χ3n) is 3.72. The van der Waals surface area contributed by atoms with Crippen molar-refractivity contribution in [3.8, 4) is 0 Å². The van der Waals surface area contributed by atoms with Crippen LogP contribution in [-0.2, 0) is 0 Å². The van der Waals surface area contributed by atoms with Crippen molar-refractivity contribution in [1.82, 2.24) is 15.2 Å². The number of hydrogen-bond acceptors (Lipinski definition) is 2. The summed E-state index contributed by atoms with van der Waals surface area (Å²) in [5, 5.41) is 4.70. The van der Waals surface area contributed by atoms with Crippen molar-refractivity contribution in [2.75, 3.05) is 26.2 Å². The van der Waals surface area contributed by atoms with Gasteiger partial charge in [-0.05, 0) is 17.7 Å². The first-order valence-corrected chi connectivity index (χ1v) is 6.53. The second kappa shape index (κ2) is 4.96. The Bertz CT molecular complexity index is 537. The summed E-state index contributed by atoms with van der Waals surface area (Å²) in [7, 11) is 0. The van der Waals surface area contributed by atoms with Gasteiger partial charge in [0.2, 0.25) is 0 Å². The molecule has 0 saturated carbocycles. The molecule has 2 N–H and O–H groups in total. The molecule has 1 atom stereocenters. The van der Waals surface area contributed by atoms with E-state index in [0.29, 0.717) is 6.04 Å². The van der Waals surface area contributed by atoms with Crippen LogP contribution in [0.1, 0.15) is 11.6 Å². The summed E-state index contributed by atoms with van der Waals surface area (Å²) >= 11 is 0. The minimum Gasteiger partial charge on any atom is -0.361 e. The Morgan fingerprint density at radius 2 is 2.06 bits per heavy atom. The van der Waals surface area contributed by atoms with Crippen molar-refractivity contribution in [2.24, 2.45) is 0 Å². The van der Waals surface area contributed by atoms with Gasteiger partial charge < -0.3 is 10.3 Å². The molecule has 1 aliphatic rings. The van der Waals surface area contributed by atoms with Gasteiger partial charge in [0.25, 0.3) is 0 Å². The second-order valence-corrected chi connectivity index (χ2v) is 4.75. The largest absolute Gasteiger partial charge is 0.361 e. The average Bonchev–Trinajstić information content (AvgIpc) is 2.90. The predicted molar refractivity (Wildman–Crippen MR) is 75.7 cm³/mol. The van der Waals surface area contributed by atoms with Gasteiger partial charge in [-0.15, -0.1) is 6.58 Å². The highest BCUT2D eigenvalue weighted by molar-refractivity contribution is 5.83. The van der Waals surface area contributed by atoms with Gasteiger partial charge in [0, 0.05) is 43.3 Å². The number of rotatable bonds is 3. The van der Waals surface area contributed by atoms with Crippen molar-refractivity contribution >= 4 is 10.9 Å². The third kappa shape index (κ3) is 1.96. The summed E-state index contributed by atoms with van der Waals surface area (Å²) in [5.41, 5.74) is 2.56. The van der Waals surface area contributed by atoms with E-state index >= 15 is 0 Å². The number of nitrogens with zero attached hydrogens (tertiary/aromatic N) is 1. The van der Waals surface area contributed by atoms with Crippen LogP contribution >= 0.6 is 0 Å². The summed E-state index contributed by atoms with van der Waals surface area (Å²) in [6.07, 6.45) is 4.07. The van der Waals surface area contributed by atoms with Crippen LogP contribution in [-0.4, -0.2) is 36.1 Å². The maximum absolute atomic E-state index is 4.03. The minimum atomic E-state index is 0.312. The molecule has 1 aromatic heterocycles. The lowest BCUT2D eigenvalue weighted by Gasteiger charge is -2.33. The molecular formula is C15H19N3. The van der Waals surface area contributed by atoms with E-state index in [-0.39, 0.29) is 0 Å². The number of nitrogens with one attached hydrogen (secondary N) is 2. The Morgan fingerprint density at radius 1 is 1.22 bits per heavy atom. The number of fused-ring (bicyclic) bond motifs is 1. The monoisotopic (exact) mass is 241 g/mol. The Balaban J connectivity index is 1.99. The lowest BCUT2D eigenvalue weighted by Crippen LogP contribution is -2.44. The fourth-order valence-corrected chi connectivity index (χ4v) is 2.80. The van der Waals surface area contributed by atoms with Crippen LogP contribution in [0.15, 0.2) is 43.1 Å². The SMILES string of the molecule is C=C[C@@H](c1cccc2[nH]ccc12)N1CCNCC1. The van der Waals surface area contributed by atoms with Gasteiger partial charge in [-0.1, -0.05) is 18.2 Å². The van der Waals surface area contributed by atoms with Crippen LogP contribution in [0, 0.1) is 0 Å². The molecule has 94 valence electrons. The van der Waals surface area contributed by atoms with Crippen molar-refractivity contribution < 1.29 is 0 Å². The average molecular weight is 241 g/mol. The molecule has 0 spiro atoms. The van der Waals surface area contributed by atoms with Gasteiger partial charge in [0.15, 0.2) is 0 Å². The van der Waals surface area contributed by atoms with E-state index in [1.165, 1.54) is 16.5 Å². The molecule has 0 unspecified atom stereocenters. The number of benzene rings is 1. The maximum Gasteiger partial charge on any atom is 0.0536 e. The predicted octanol–water partition coefficient (Wildman–Crippen LogP) is 2.30. The van der Waals surface area contributed by atoms with E-state index in [2.05, 4.69) is 52.1 Å². The first-order valence-electron chi connectivity index (χ1n) is 6.53. The standard InChI is InChI=1S/C15H19N3/c1-2-15(18-10-8-16-9-11-18)13-4-3-5-14-12(13)6-7-17-14/h2-7,15-17H,1,8-11H2/t15-/m0/s1. The maximum atomic E-state index is 4.03. The van der Waals surface area contributed by atoms with Crippen LogP contribution in [0.3, 0.4) is 0 Å². The van der Waals surface area contributed by atoms with Crippen molar-refractivity contribution in [1.29, 1.82) is 0 Å². The molecule has 18 heavy (non-hydrogen) atoms. The first kappa shape index (κ1) is 11.5. The summed E-state index contributed by atoms with van der Waals surface area (Å²) in [6, 6.07) is 8.92. The van der Waals surface area contributed by atoms with Crippen LogP contribution in [0.25, 0.3) is 10.9 Å². The smallest absolute Gasteiger partial charge is 0.0536 e. The van der Waals surface area contributed by atoms with E-state index in [1.807, 2.05) is 6.20 Å². The Morgan fingerprint density at radius 3 is 2.83 bits per heavy atom.